The molecule has 0 fully saturated rings. The van der Waals surface area contributed by atoms with Crippen LogP contribution in [0.5, 0.6) is 0 Å². The number of nitrogens with zero attached hydrogens (tertiary/aromatic N) is 1. The minimum atomic E-state index is -3.41. The standard InChI is InChI=1S/C12H24NO4P/c1-6-9-10-11(12(14)13(4)5)18(15,16-7-2)17-8-3/h6,9,11H,7-8,10H2,1-5H3/b9-6-. The van der Waals surface area contributed by atoms with Crippen LogP contribution in [0.3, 0.4) is 0 Å². The van der Waals surface area contributed by atoms with Crippen LogP contribution in [0.1, 0.15) is 27.2 Å². The van der Waals surface area contributed by atoms with Crippen molar-refractivity contribution in [3.63, 3.8) is 0 Å². The maximum Gasteiger partial charge on any atom is 0.343 e. The van der Waals surface area contributed by atoms with Crippen molar-refractivity contribution in [1.29, 1.82) is 0 Å². The van der Waals surface area contributed by atoms with E-state index in [0.717, 1.165) is 0 Å². The van der Waals surface area contributed by atoms with Gasteiger partial charge in [0.05, 0.1) is 13.2 Å². The summed E-state index contributed by atoms with van der Waals surface area (Å²) in [6, 6.07) is 0. The first kappa shape index (κ1) is 17.4. The van der Waals surface area contributed by atoms with Crippen molar-refractivity contribution in [3.8, 4) is 0 Å². The molecule has 0 spiro atoms. The molecule has 0 aromatic heterocycles. The number of carbonyl (C=O) groups is 1. The molecule has 6 heteroatoms. The molecule has 0 saturated heterocycles. The van der Waals surface area contributed by atoms with Gasteiger partial charge in [0.1, 0.15) is 5.66 Å². The van der Waals surface area contributed by atoms with Crippen LogP contribution in [0.4, 0.5) is 0 Å². The van der Waals surface area contributed by atoms with Crippen LogP contribution in [0, 0.1) is 0 Å². The highest BCUT2D eigenvalue weighted by Crippen LogP contribution is 2.54. The third kappa shape index (κ3) is 4.92. The van der Waals surface area contributed by atoms with Crippen LogP contribution in [0.25, 0.3) is 0 Å². The molecular weight excluding hydrogens is 253 g/mol. The van der Waals surface area contributed by atoms with E-state index in [0.29, 0.717) is 6.42 Å². The van der Waals surface area contributed by atoms with E-state index >= 15 is 0 Å². The first-order valence-electron chi connectivity index (χ1n) is 6.14. The Balaban J connectivity index is 5.21. The number of amides is 1. The van der Waals surface area contributed by atoms with E-state index in [1.54, 1.807) is 34.0 Å². The lowest BCUT2D eigenvalue weighted by Gasteiger charge is -2.26. The van der Waals surface area contributed by atoms with Gasteiger partial charge in [0.15, 0.2) is 0 Å². The zero-order valence-corrected chi connectivity index (χ0v) is 12.8. The molecule has 0 aromatic carbocycles. The molecule has 0 N–H and O–H groups in total. The Kier molecular flexibility index (Phi) is 8.16. The monoisotopic (exact) mass is 277 g/mol. The van der Waals surface area contributed by atoms with Gasteiger partial charge in [-0.05, 0) is 27.2 Å². The van der Waals surface area contributed by atoms with E-state index in [2.05, 4.69) is 0 Å². The summed E-state index contributed by atoms with van der Waals surface area (Å²) in [7, 11) is -0.147. The van der Waals surface area contributed by atoms with E-state index < -0.39 is 13.3 Å². The summed E-state index contributed by atoms with van der Waals surface area (Å²) in [4.78, 5) is 13.5. The van der Waals surface area contributed by atoms with Gasteiger partial charge in [-0.25, -0.2) is 0 Å². The third-order valence-electron chi connectivity index (χ3n) is 2.32. The molecule has 18 heavy (non-hydrogen) atoms. The fourth-order valence-electron chi connectivity index (χ4n) is 1.51. The molecule has 0 saturated carbocycles. The van der Waals surface area contributed by atoms with Gasteiger partial charge in [-0.2, -0.15) is 0 Å². The molecule has 1 atom stereocenters. The van der Waals surface area contributed by atoms with E-state index in [-0.39, 0.29) is 19.1 Å². The van der Waals surface area contributed by atoms with E-state index in [1.165, 1.54) is 4.90 Å². The van der Waals surface area contributed by atoms with Gasteiger partial charge in [0.2, 0.25) is 5.91 Å². The molecule has 0 radical (unpaired) electrons. The van der Waals surface area contributed by atoms with Gasteiger partial charge >= 0.3 is 7.60 Å². The number of carbonyl (C=O) groups excluding carboxylic acids is 1. The van der Waals surface area contributed by atoms with Gasteiger partial charge in [-0.15, -0.1) is 0 Å². The van der Waals surface area contributed by atoms with Crippen LogP contribution >= 0.6 is 7.60 Å². The van der Waals surface area contributed by atoms with E-state index in [4.69, 9.17) is 9.05 Å². The zero-order valence-electron chi connectivity index (χ0n) is 11.9. The average molecular weight is 277 g/mol. The summed E-state index contributed by atoms with van der Waals surface area (Å²) in [5.74, 6) is -0.238. The van der Waals surface area contributed by atoms with Crippen molar-refractivity contribution < 1.29 is 18.4 Å². The van der Waals surface area contributed by atoms with Crippen molar-refractivity contribution >= 4 is 13.5 Å². The molecule has 106 valence electrons. The van der Waals surface area contributed by atoms with Crippen molar-refractivity contribution in [2.24, 2.45) is 0 Å². The Morgan fingerprint density at radius 2 is 1.78 bits per heavy atom. The second-order valence-electron chi connectivity index (χ2n) is 3.93. The normalized spacial score (nSPS) is 13.8. The van der Waals surface area contributed by atoms with E-state index in [9.17, 15) is 9.36 Å². The summed E-state index contributed by atoms with van der Waals surface area (Å²) in [5.41, 5.74) is -0.774. The van der Waals surface area contributed by atoms with Crippen LogP contribution < -0.4 is 0 Å². The van der Waals surface area contributed by atoms with Crippen molar-refractivity contribution in [2.45, 2.75) is 32.9 Å². The van der Waals surface area contributed by atoms with Gasteiger partial charge in [0, 0.05) is 14.1 Å². The fraction of sp³-hybridized carbons (Fsp3) is 0.750. The molecule has 0 heterocycles. The number of allylic oxidation sites excluding steroid dienone is 2. The number of rotatable bonds is 8. The fourth-order valence-corrected chi connectivity index (χ4v) is 3.54. The van der Waals surface area contributed by atoms with Crippen molar-refractivity contribution in [1.82, 2.24) is 4.90 Å². The molecule has 0 rings (SSSR count). The predicted molar refractivity (Wildman–Crippen MR) is 72.8 cm³/mol. The van der Waals surface area contributed by atoms with Crippen LogP contribution in [0.2, 0.25) is 0 Å². The lowest BCUT2D eigenvalue weighted by atomic mass is 10.2. The average Bonchev–Trinajstić information content (AvgIpc) is 2.29. The van der Waals surface area contributed by atoms with Gasteiger partial charge in [0.25, 0.3) is 0 Å². The van der Waals surface area contributed by atoms with Gasteiger partial charge in [-0.3, -0.25) is 9.36 Å². The van der Waals surface area contributed by atoms with Crippen LogP contribution in [0.15, 0.2) is 12.2 Å². The highest BCUT2D eigenvalue weighted by atomic mass is 31.2. The summed E-state index contributed by atoms with van der Waals surface area (Å²) in [5, 5.41) is 0. The highest BCUT2D eigenvalue weighted by molar-refractivity contribution is 7.55. The SMILES string of the molecule is C/C=C\CC(C(=O)N(C)C)P(=O)(OCC)OCC. The summed E-state index contributed by atoms with van der Waals surface area (Å²) >= 11 is 0. The first-order valence-corrected chi connectivity index (χ1v) is 7.75. The lowest BCUT2D eigenvalue weighted by molar-refractivity contribution is -0.128. The van der Waals surface area contributed by atoms with Crippen molar-refractivity contribution in [3.05, 3.63) is 12.2 Å². The summed E-state index contributed by atoms with van der Waals surface area (Å²) in [6.45, 7) is 5.83. The Morgan fingerprint density at radius 1 is 1.28 bits per heavy atom. The maximum atomic E-state index is 12.6. The number of hydrogen-bond acceptors (Lipinski definition) is 4. The van der Waals surface area contributed by atoms with Gasteiger partial charge in [-0.1, -0.05) is 12.2 Å². The Labute approximate surface area is 110 Å². The quantitative estimate of drug-likeness (QED) is 0.505. The first-order chi connectivity index (χ1) is 8.42. The smallest absolute Gasteiger partial charge is 0.343 e. The minimum Gasteiger partial charge on any atom is -0.348 e. The predicted octanol–water partition coefficient (Wildman–Crippen LogP) is 2.68. The highest BCUT2D eigenvalue weighted by Gasteiger charge is 2.40. The molecule has 0 aliphatic heterocycles. The van der Waals surface area contributed by atoms with Crippen LogP contribution in [-0.4, -0.2) is 43.8 Å². The molecular formula is C12H24NO4P. The van der Waals surface area contributed by atoms with Gasteiger partial charge < -0.3 is 13.9 Å². The van der Waals surface area contributed by atoms with Crippen LogP contribution in [-0.2, 0) is 18.4 Å². The Bertz CT molecular complexity index is 318. The van der Waals surface area contributed by atoms with E-state index in [1.807, 2.05) is 13.0 Å². The third-order valence-corrected chi connectivity index (χ3v) is 4.75. The summed E-state index contributed by atoms with van der Waals surface area (Å²) < 4.78 is 23.1. The minimum absolute atomic E-state index is 0.238. The second-order valence-corrected chi connectivity index (χ2v) is 6.15. The largest absolute Gasteiger partial charge is 0.348 e. The Hall–Kier alpha value is -0.640. The molecule has 0 aliphatic carbocycles. The second kappa shape index (κ2) is 8.46. The molecule has 0 aromatic rings. The molecule has 0 bridgehead atoms. The maximum absolute atomic E-state index is 12.6. The Morgan fingerprint density at radius 3 is 2.11 bits per heavy atom. The summed E-state index contributed by atoms with van der Waals surface area (Å²) in [6.07, 6.45) is 3.97. The molecule has 5 nitrogen and oxygen atoms in total. The number of hydrogen-bond donors (Lipinski definition) is 0. The zero-order chi connectivity index (χ0) is 14.2. The molecule has 1 unspecified atom stereocenters. The van der Waals surface area contributed by atoms with Crippen molar-refractivity contribution in [2.75, 3.05) is 27.3 Å². The molecule has 0 aliphatic rings. The topological polar surface area (TPSA) is 55.8 Å². The molecule has 1 amide bonds. The lowest BCUT2D eigenvalue weighted by Crippen LogP contribution is -2.34.